The molecule has 4 heteroatoms. The van der Waals surface area contributed by atoms with Crippen molar-refractivity contribution in [1.29, 1.82) is 0 Å². The first kappa shape index (κ1) is 11.0. The van der Waals surface area contributed by atoms with Crippen LogP contribution in [0.15, 0.2) is 0 Å². The van der Waals surface area contributed by atoms with Gasteiger partial charge in [-0.1, -0.05) is 22.9 Å². The molecule has 0 aromatic rings. The van der Waals surface area contributed by atoms with Gasteiger partial charge in [0.1, 0.15) is 0 Å². The van der Waals surface area contributed by atoms with Crippen molar-refractivity contribution in [2.24, 2.45) is 5.92 Å². The van der Waals surface area contributed by atoms with Gasteiger partial charge in [0.25, 0.3) is 0 Å². The standard InChI is InChI=1S/C9H16BrNO2/c1-7(10)5-11(2)9(12)8-3-4-13-6-8/h7-8H,3-6H2,1-2H3. The van der Waals surface area contributed by atoms with E-state index in [1.807, 2.05) is 14.0 Å². The molecule has 3 nitrogen and oxygen atoms in total. The van der Waals surface area contributed by atoms with E-state index in [9.17, 15) is 4.79 Å². The predicted molar refractivity (Wildman–Crippen MR) is 55.0 cm³/mol. The van der Waals surface area contributed by atoms with Gasteiger partial charge < -0.3 is 9.64 Å². The molecule has 0 aromatic heterocycles. The molecule has 0 aromatic carbocycles. The van der Waals surface area contributed by atoms with E-state index in [4.69, 9.17) is 4.74 Å². The number of nitrogens with zero attached hydrogens (tertiary/aromatic N) is 1. The molecule has 1 fully saturated rings. The lowest BCUT2D eigenvalue weighted by Gasteiger charge is -2.21. The van der Waals surface area contributed by atoms with E-state index in [2.05, 4.69) is 15.9 Å². The van der Waals surface area contributed by atoms with Crippen molar-refractivity contribution in [3.05, 3.63) is 0 Å². The Hall–Kier alpha value is -0.0900. The number of carbonyl (C=O) groups excluding carboxylic acids is 1. The summed E-state index contributed by atoms with van der Waals surface area (Å²) in [5.74, 6) is 0.306. The van der Waals surface area contributed by atoms with Gasteiger partial charge in [-0.2, -0.15) is 0 Å². The lowest BCUT2D eigenvalue weighted by Crippen LogP contribution is -2.36. The van der Waals surface area contributed by atoms with Crippen LogP contribution in [0.25, 0.3) is 0 Å². The number of rotatable bonds is 3. The van der Waals surface area contributed by atoms with Crippen molar-refractivity contribution in [3.8, 4) is 0 Å². The van der Waals surface area contributed by atoms with Gasteiger partial charge in [-0.25, -0.2) is 0 Å². The van der Waals surface area contributed by atoms with Gasteiger partial charge in [0.15, 0.2) is 0 Å². The van der Waals surface area contributed by atoms with Crippen LogP contribution in [0.3, 0.4) is 0 Å². The molecule has 0 aliphatic carbocycles. The second-order valence-corrected chi connectivity index (χ2v) is 5.12. The van der Waals surface area contributed by atoms with Crippen LogP contribution in [-0.2, 0) is 9.53 Å². The van der Waals surface area contributed by atoms with Crippen LogP contribution in [0.5, 0.6) is 0 Å². The number of amides is 1. The quantitative estimate of drug-likeness (QED) is 0.706. The number of alkyl halides is 1. The van der Waals surface area contributed by atoms with Crippen molar-refractivity contribution in [2.45, 2.75) is 18.2 Å². The SMILES string of the molecule is CC(Br)CN(C)C(=O)C1CCOC1. The summed E-state index contributed by atoms with van der Waals surface area (Å²) in [5.41, 5.74) is 0. The van der Waals surface area contributed by atoms with Gasteiger partial charge in [-0.3, -0.25) is 4.79 Å². The summed E-state index contributed by atoms with van der Waals surface area (Å²) in [6.45, 7) is 4.12. The van der Waals surface area contributed by atoms with E-state index in [-0.39, 0.29) is 11.8 Å². The summed E-state index contributed by atoms with van der Waals surface area (Å²) < 4.78 is 5.17. The highest BCUT2D eigenvalue weighted by atomic mass is 79.9. The van der Waals surface area contributed by atoms with Gasteiger partial charge >= 0.3 is 0 Å². The molecule has 0 bridgehead atoms. The zero-order valence-electron chi connectivity index (χ0n) is 8.12. The first-order valence-corrected chi connectivity index (χ1v) is 5.49. The summed E-state index contributed by atoms with van der Waals surface area (Å²) in [6.07, 6.45) is 0.875. The average molecular weight is 250 g/mol. The number of halogens is 1. The smallest absolute Gasteiger partial charge is 0.227 e. The van der Waals surface area contributed by atoms with Crippen LogP contribution in [0.4, 0.5) is 0 Å². The van der Waals surface area contributed by atoms with Crippen LogP contribution >= 0.6 is 15.9 Å². The Kier molecular flexibility index (Phi) is 4.19. The van der Waals surface area contributed by atoms with Crippen LogP contribution in [0.2, 0.25) is 0 Å². The highest BCUT2D eigenvalue weighted by molar-refractivity contribution is 9.09. The topological polar surface area (TPSA) is 29.5 Å². The maximum Gasteiger partial charge on any atom is 0.227 e. The minimum Gasteiger partial charge on any atom is -0.381 e. The molecule has 0 N–H and O–H groups in total. The molecular formula is C9H16BrNO2. The summed E-state index contributed by atoms with van der Waals surface area (Å²) in [7, 11) is 1.85. The fraction of sp³-hybridized carbons (Fsp3) is 0.889. The minimum absolute atomic E-state index is 0.0937. The van der Waals surface area contributed by atoms with Crippen molar-refractivity contribution in [3.63, 3.8) is 0 Å². The molecular weight excluding hydrogens is 234 g/mol. The van der Waals surface area contributed by atoms with Crippen molar-refractivity contribution in [1.82, 2.24) is 4.90 Å². The third kappa shape index (κ3) is 3.27. The molecule has 1 heterocycles. The normalized spacial score (nSPS) is 24.4. The minimum atomic E-state index is 0.0937. The van der Waals surface area contributed by atoms with E-state index in [1.54, 1.807) is 4.90 Å². The van der Waals surface area contributed by atoms with E-state index in [1.165, 1.54) is 0 Å². The highest BCUT2D eigenvalue weighted by Crippen LogP contribution is 2.15. The summed E-state index contributed by atoms with van der Waals surface area (Å²) in [4.78, 5) is 13.8. The summed E-state index contributed by atoms with van der Waals surface area (Å²) in [5, 5.41) is 0. The zero-order chi connectivity index (χ0) is 9.84. The van der Waals surface area contributed by atoms with Gasteiger partial charge in [0.2, 0.25) is 5.91 Å². The maximum absolute atomic E-state index is 11.7. The van der Waals surface area contributed by atoms with Crippen LogP contribution < -0.4 is 0 Å². The average Bonchev–Trinajstić information content (AvgIpc) is 2.53. The maximum atomic E-state index is 11.7. The van der Waals surface area contributed by atoms with Crippen LogP contribution in [0, 0.1) is 5.92 Å². The predicted octanol–water partition coefficient (Wildman–Crippen LogP) is 1.26. The fourth-order valence-electron chi connectivity index (χ4n) is 1.51. The Morgan fingerprint density at radius 1 is 1.77 bits per heavy atom. The summed E-state index contributed by atoms with van der Waals surface area (Å²) >= 11 is 3.43. The molecule has 76 valence electrons. The van der Waals surface area contributed by atoms with E-state index in [0.717, 1.165) is 19.6 Å². The van der Waals surface area contributed by atoms with Crippen molar-refractivity contribution in [2.75, 3.05) is 26.8 Å². The van der Waals surface area contributed by atoms with E-state index in [0.29, 0.717) is 11.4 Å². The Balaban J connectivity index is 2.36. The highest BCUT2D eigenvalue weighted by Gasteiger charge is 2.26. The van der Waals surface area contributed by atoms with Gasteiger partial charge in [0, 0.05) is 25.0 Å². The molecule has 0 radical (unpaired) electrons. The number of carbonyl (C=O) groups is 1. The van der Waals surface area contributed by atoms with E-state index < -0.39 is 0 Å². The Labute approximate surface area is 87.6 Å². The molecule has 1 amide bonds. The number of ether oxygens (including phenoxy) is 1. The summed E-state index contributed by atoms with van der Waals surface area (Å²) in [6, 6.07) is 0. The number of hydrogen-bond acceptors (Lipinski definition) is 2. The molecule has 2 atom stereocenters. The largest absolute Gasteiger partial charge is 0.381 e. The molecule has 2 unspecified atom stereocenters. The van der Waals surface area contributed by atoms with E-state index >= 15 is 0 Å². The van der Waals surface area contributed by atoms with Crippen LogP contribution in [0.1, 0.15) is 13.3 Å². The first-order chi connectivity index (χ1) is 6.11. The molecule has 1 aliphatic rings. The lowest BCUT2D eigenvalue weighted by atomic mass is 10.1. The second-order valence-electron chi connectivity index (χ2n) is 3.56. The molecule has 0 saturated carbocycles. The van der Waals surface area contributed by atoms with Gasteiger partial charge in [0.05, 0.1) is 12.5 Å². The third-order valence-corrected chi connectivity index (χ3v) is 2.47. The van der Waals surface area contributed by atoms with Gasteiger partial charge in [-0.15, -0.1) is 0 Å². The second kappa shape index (κ2) is 4.96. The Morgan fingerprint density at radius 3 is 2.92 bits per heavy atom. The molecule has 13 heavy (non-hydrogen) atoms. The zero-order valence-corrected chi connectivity index (χ0v) is 9.71. The third-order valence-electron chi connectivity index (χ3n) is 2.18. The van der Waals surface area contributed by atoms with Crippen molar-refractivity contribution < 1.29 is 9.53 Å². The van der Waals surface area contributed by atoms with Gasteiger partial charge in [-0.05, 0) is 6.42 Å². The molecule has 1 rings (SSSR count). The lowest BCUT2D eigenvalue weighted by molar-refractivity contribution is -0.134. The Morgan fingerprint density at radius 2 is 2.46 bits per heavy atom. The number of hydrogen-bond donors (Lipinski definition) is 0. The van der Waals surface area contributed by atoms with Crippen molar-refractivity contribution >= 4 is 21.8 Å². The molecule has 1 aliphatic heterocycles. The fourth-order valence-corrected chi connectivity index (χ4v) is 1.94. The van der Waals surface area contributed by atoms with Crippen LogP contribution in [-0.4, -0.2) is 42.4 Å². The molecule has 1 saturated heterocycles. The molecule has 0 spiro atoms. The monoisotopic (exact) mass is 249 g/mol. The Bertz CT molecular complexity index is 178. The first-order valence-electron chi connectivity index (χ1n) is 4.58.